The molecule has 32 heavy (non-hydrogen) atoms. The summed E-state index contributed by atoms with van der Waals surface area (Å²) in [5.41, 5.74) is 2.58. The van der Waals surface area contributed by atoms with Crippen molar-refractivity contribution in [1.29, 1.82) is 0 Å². The van der Waals surface area contributed by atoms with E-state index in [9.17, 15) is 14.4 Å². The number of hydrogen-bond acceptors (Lipinski definition) is 3. The monoisotopic (exact) mass is 455 g/mol. The van der Waals surface area contributed by atoms with Crippen molar-refractivity contribution in [2.75, 3.05) is 25.5 Å². The lowest BCUT2D eigenvalue weighted by atomic mass is 9.96. The summed E-state index contributed by atoms with van der Waals surface area (Å²) in [6, 6.07) is 12.4. The van der Waals surface area contributed by atoms with Gasteiger partial charge in [-0.05, 0) is 63.9 Å². The summed E-state index contributed by atoms with van der Waals surface area (Å²) in [5, 5.41) is 3.24. The van der Waals surface area contributed by atoms with Crippen molar-refractivity contribution in [1.82, 2.24) is 9.80 Å². The van der Waals surface area contributed by atoms with Crippen molar-refractivity contribution in [3.8, 4) is 0 Å². The number of anilines is 1. The molecular weight excluding hydrogens is 426 g/mol. The van der Waals surface area contributed by atoms with E-state index in [1.165, 1.54) is 0 Å². The van der Waals surface area contributed by atoms with Gasteiger partial charge >= 0.3 is 0 Å². The van der Waals surface area contributed by atoms with Crippen LogP contribution in [0.15, 0.2) is 42.5 Å². The molecule has 3 rings (SSSR count). The number of likely N-dealkylation sites (tertiary alicyclic amines) is 1. The summed E-state index contributed by atoms with van der Waals surface area (Å²) in [4.78, 5) is 41.9. The number of halogens is 1. The first-order chi connectivity index (χ1) is 15.2. The molecule has 1 aliphatic heterocycles. The average molecular weight is 456 g/mol. The molecule has 1 heterocycles. The van der Waals surface area contributed by atoms with Crippen LogP contribution in [-0.4, -0.2) is 53.7 Å². The van der Waals surface area contributed by atoms with Gasteiger partial charge in [0.15, 0.2) is 0 Å². The fraction of sp³-hybridized carbons (Fsp3) is 0.400. The van der Waals surface area contributed by atoms with E-state index in [0.29, 0.717) is 41.3 Å². The van der Waals surface area contributed by atoms with Gasteiger partial charge in [-0.25, -0.2) is 0 Å². The van der Waals surface area contributed by atoms with Crippen LogP contribution in [0.4, 0.5) is 5.69 Å². The van der Waals surface area contributed by atoms with Gasteiger partial charge in [0, 0.05) is 37.3 Å². The highest BCUT2D eigenvalue weighted by molar-refractivity contribution is 6.34. The number of nitrogens with one attached hydrogen (secondary N) is 1. The molecule has 1 N–H and O–H groups in total. The highest BCUT2D eigenvalue weighted by Crippen LogP contribution is 2.26. The molecule has 0 aromatic heterocycles. The minimum absolute atomic E-state index is 0.0514. The molecule has 0 aliphatic carbocycles. The number of benzene rings is 2. The molecule has 0 radical (unpaired) electrons. The number of aryl methyl sites for hydroxylation is 1. The first-order valence-electron chi connectivity index (χ1n) is 10.9. The number of rotatable bonds is 5. The summed E-state index contributed by atoms with van der Waals surface area (Å²) < 4.78 is 0. The zero-order chi connectivity index (χ0) is 23.4. The summed E-state index contributed by atoms with van der Waals surface area (Å²) in [7, 11) is 1.74. The third-order valence-electron chi connectivity index (χ3n) is 5.94. The van der Waals surface area contributed by atoms with E-state index in [1.54, 1.807) is 35.0 Å². The lowest BCUT2D eigenvalue weighted by Crippen LogP contribution is -2.43. The third-order valence-corrected chi connectivity index (χ3v) is 6.27. The second-order valence-electron chi connectivity index (χ2n) is 8.65. The third kappa shape index (κ3) is 5.49. The van der Waals surface area contributed by atoms with Crippen molar-refractivity contribution in [2.24, 2.45) is 5.92 Å². The fourth-order valence-electron chi connectivity index (χ4n) is 3.68. The molecule has 0 saturated carbocycles. The van der Waals surface area contributed by atoms with Gasteiger partial charge < -0.3 is 15.1 Å². The lowest BCUT2D eigenvalue weighted by molar-refractivity contribution is -0.121. The van der Waals surface area contributed by atoms with E-state index in [-0.39, 0.29) is 29.7 Å². The quantitative estimate of drug-likeness (QED) is 0.715. The normalized spacial score (nSPS) is 16.1. The van der Waals surface area contributed by atoms with E-state index in [2.05, 4.69) is 5.32 Å². The van der Waals surface area contributed by atoms with Gasteiger partial charge in [-0.1, -0.05) is 29.3 Å². The van der Waals surface area contributed by atoms with Crippen LogP contribution in [0.5, 0.6) is 0 Å². The Morgan fingerprint density at radius 2 is 1.75 bits per heavy atom. The zero-order valence-corrected chi connectivity index (χ0v) is 19.8. The van der Waals surface area contributed by atoms with Crippen molar-refractivity contribution >= 4 is 35.0 Å². The van der Waals surface area contributed by atoms with Crippen LogP contribution in [0.3, 0.4) is 0 Å². The van der Waals surface area contributed by atoms with Gasteiger partial charge in [-0.3, -0.25) is 14.4 Å². The van der Waals surface area contributed by atoms with Crippen LogP contribution in [-0.2, 0) is 4.79 Å². The molecule has 1 fully saturated rings. The average Bonchev–Trinajstić information content (AvgIpc) is 2.79. The van der Waals surface area contributed by atoms with Gasteiger partial charge in [0.1, 0.15) is 0 Å². The molecule has 3 amide bonds. The van der Waals surface area contributed by atoms with Gasteiger partial charge in [0.2, 0.25) is 5.91 Å². The van der Waals surface area contributed by atoms with E-state index >= 15 is 0 Å². The number of carbonyl (C=O) groups is 3. The first kappa shape index (κ1) is 23.8. The molecule has 1 atom stereocenters. The molecule has 0 spiro atoms. The van der Waals surface area contributed by atoms with Crippen molar-refractivity contribution in [2.45, 2.75) is 39.7 Å². The lowest BCUT2D eigenvalue weighted by Gasteiger charge is -2.32. The highest BCUT2D eigenvalue weighted by atomic mass is 35.5. The predicted molar refractivity (Wildman–Crippen MR) is 127 cm³/mol. The Labute approximate surface area is 194 Å². The maximum absolute atomic E-state index is 13.0. The second kappa shape index (κ2) is 10.2. The molecule has 7 heteroatoms. The first-order valence-corrected chi connectivity index (χ1v) is 11.3. The summed E-state index contributed by atoms with van der Waals surface area (Å²) in [6.07, 6.45) is 1.44. The second-order valence-corrected chi connectivity index (χ2v) is 9.06. The summed E-state index contributed by atoms with van der Waals surface area (Å²) in [6.45, 7) is 6.82. The Kier molecular flexibility index (Phi) is 7.56. The highest BCUT2D eigenvalue weighted by Gasteiger charge is 2.29. The van der Waals surface area contributed by atoms with E-state index < -0.39 is 0 Å². The summed E-state index contributed by atoms with van der Waals surface area (Å²) in [5.74, 6) is -0.744. The van der Waals surface area contributed by atoms with E-state index in [4.69, 9.17) is 11.6 Å². The van der Waals surface area contributed by atoms with E-state index in [0.717, 1.165) is 12.0 Å². The Morgan fingerprint density at radius 3 is 2.41 bits per heavy atom. The molecule has 170 valence electrons. The maximum Gasteiger partial charge on any atom is 0.253 e. The molecule has 2 aromatic rings. The Balaban J connectivity index is 1.70. The number of hydrogen-bond donors (Lipinski definition) is 1. The standard InChI is InChI=1S/C25H30ClN3O3/c1-16(2)28(4)24(31)19-11-12-21(26)22(14-19)27-23(30)20-6-5-13-29(15-20)25(32)18-9-7-17(3)8-10-18/h7-12,14,16,20H,5-6,13,15H2,1-4H3,(H,27,30). The number of carbonyl (C=O) groups excluding carboxylic acids is 3. The topological polar surface area (TPSA) is 69.7 Å². The minimum atomic E-state index is -0.341. The minimum Gasteiger partial charge on any atom is -0.339 e. The smallest absolute Gasteiger partial charge is 0.253 e. The van der Waals surface area contributed by atoms with Crippen LogP contribution in [0, 0.1) is 12.8 Å². The molecule has 2 aromatic carbocycles. The van der Waals surface area contributed by atoms with Crippen molar-refractivity contribution < 1.29 is 14.4 Å². The molecule has 1 unspecified atom stereocenters. The summed E-state index contributed by atoms with van der Waals surface area (Å²) >= 11 is 6.29. The van der Waals surface area contributed by atoms with Gasteiger partial charge in [-0.2, -0.15) is 0 Å². The predicted octanol–water partition coefficient (Wildman–Crippen LogP) is 4.62. The largest absolute Gasteiger partial charge is 0.339 e. The SMILES string of the molecule is Cc1ccc(C(=O)N2CCCC(C(=O)Nc3cc(C(=O)N(C)C(C)C)ccc3Cl)C2)cc1. The van der Waals surface area contributed by atoms with Crippen molar-refractivity contribution in [3.63, 3.8) is 0 Å². The molecule has 1 aliphatic rings. The van der Waals surface area contributed by atoms with Crippen LogP contribution < -0.4 is 5.32 Å². The fourth-order valence-corrected chi connectivity index (χ4v) is 3.85. The Morgan fingerprint density at radius 1 is 1.09 bits per heavy atom. The molecular formula is C25H30ClN3O3. The number of amides is 3. The Hall–Kier alpha value is -2.86. The van der Waals surface area contributed by atoms with Gasteiger partial charge in [-0.15, -0.1) is 0 Å². The molecule has 6 nitrogen and oxygen atoms in total. The molecule has 1 saturated heterocycles. The Bertz CT molecular complexity index is 1000. The number of nitrogens with zero attached hydrogens (tertiary/aromatic N) is 2. The van der Waals surface area contributed by atoms with Crippen LogP contribution in [0.25, 0.3) is 0 Å². The zero-order valence-electron chi connectivity index (χ0n) is 19.0. The van der Waals surface area contributed by atoms with Crippen LogP contribution in [0.1, 0.15) is 53.0 Å². The van der Waals surface area contributed by atoms with Crippen molar-refractivity contribution in [3.05, 3.63) is 64.2 Å². The van der Waals surface area contributed by atoms with Crippen LogP contribution in [0.2, 0.25) is 5.02 Å². The number of piperidine rings is 1. The molecule has 0 bridgehead atoms. The van der Waals surface area contributed by atoms with Gasteiger partial charge in [0.05, 0.1) is 16.6 Å². The van der Waals surface area contributed by atoms with E-state index in [1.807, 2.05) is 45.0 Å². The van der Waals surface area contributed by atoms with Crippen LogP contribution >= 0.6 is 11.6 Å². The van der Waals surface area contributed by atoms with Gasteiger partial charge in [0.25, 0.3) is 11.8 Å². The maximum atomic E-state index is 13.0.